The molecular formula is C38H28N4O. The highest BCUT2D eigenvalue weighted by atomic mass is 16.3. The van der Waals surface area contributed by atoms with Gasteiger partial charge >= 0.3 is 0 Å². The van der Waals surface area contributed by atoms with Crippen LogP contribution in [0.5, 0.6) is 0 Å². The molecule has 0 aliphatic heterocycles. The molecule has 0 aliphatic carbocycles. The van der Waals surface area contributed by atoms with Gasteiger partial charge in [-0.3, -0.25) is 0 Å². The Balaban J connectivity index is 1.52. The molecule has 5 aromatic carbocycles. The molecule has 0 atom stereocenters. The summed E-state index contributed by atoms with van der Waals surface area (Å²) < 4.78 is 59.7. The highest BCUT2D eigenvalue weighted by molar-refractivity contribution is 6.12. The van der Waals surface area contributed by atoms with Crippen LogP contribution in [0.4, 0.5) is 5.69 Å². The van der Waals surface area contributed by atoms with Crippen LogP contribution in [0.15, 0.2) is 120 Å². The Kier molecular flexibility index (Phi) is 4.89. The number of aromatic nitrogens is 3. The van der Waals surface area contributed by atoms with Gasteiger partial charge in [-0.05, 0) is 40.2 Å². The standard InChI is InChI=1S/C38H28N4O/c1-38(2,3)28-18-13-25(14-19-28)35-40-36(26-15-20-29(39-4)21-16-26)42-37(41-35)27-17-22-31-33(23-27)43-32-12-8-11-30(34(31)32)24-9-6-5-7-10-24/h5-23H,1-3H3/i8D,11D,12D,17D,22D,23D. The fourth-order valence-corrected chi connectivity index (χ4v) is 4.93. The van der Waals surface area contributed by atoms with Crippen molar-refractivity contribution in [2.75, 3.05) is 0 Å². The number of fused-ring (bicyclic) bond motifs is 3. The van der Waals surface area contributed by atoms with E-state index < -0.39 is 0 Å². The van der Waals surface area contributed by atoms with Crippen molar-refractivity contribution in [3.63, 3.8) is 0 Å². The Morgan fingerprint density at radius 3 is 1.93 bits per heavy atom. The van der Waals surface area contributed by atoms with Gasteiger partial charge in [0.05, 0.1) is 14.8 Å². The molecule has 206 valence electrons. The minimum Gasteiger partial charge on any atom is -0.456 e. The number of rotatable bonds is 4. The van der Waals surface area contributed by atoms with Gasteiger partial charge in [0.1, 0.15) is 11.2 Å². The fourth-order valence-electron chi connectivity index (χ4n) is 4.93. The van der Waals surface area contributed by atoms with E-state index in [-0.39, 0.29) is 80.8 Å². The van der Waals surface area contributed by atoms with Crippen molar-refractivity contribution in [1.29, 1.82) is 0 Å². The molecule has 5 nitrogen and oxygen atoms in total. The van der Waals surface area contributed by atoms with Gasteiger partial charge in [-0.1, -0.05) is 118 Å². The molecule has 0 amide bonds. The summed E-state index contributed by atoms with van der Waals surface area (Å²) in [4.78, 5) is 17.6. The maximum absolute atomic E-state index is 9.31. The van der Waals surface area contributed by atoms with Crippen LogP contribution in [0, 0.1) is 6.57 Å². The van der Waals surface area contributed by atoms with E-state index in [9.17, 15) is 4.11 Å². The van der Waals surface area contributed by atoms with Crippen molar-refractivity contribution in [3.8, 4) is 45.3 Å². The third-order valence-electron chi connectivity index (χ3n) is 7.26. The van der Waals surface area contributed by atoms with E-state index in [1.165, 1.54) is 0 Å². The highest BCUT2D eigenvalue weighted by Crippen LogP contribution is 2.38. The predicted octanol–water partition coefficient (Wildman–Crippen LogP) is 10.3. The first-order valence-corrected chi connectivity index (χ1v) is 13.8. The molecule has 5 heteroatoms. The number of nitrogens with zero attached hydrogens (tertiary/aromatic N) is 4. The van der Waals surface area contributed by atoms with Crippen LogP contribution in [-0.4, -0.2) is 15.0 Å². The molecule has 0 aliphatic rings. The summed E-state index contributed by atoms with van der Waals surface area (Å²) in [6.45, 7) is 13.7. The topological polar surface area (TPSA) is 56.2 Å². The van der Waals surface area contributed by atoms with Crippen LogP contribution in [-0.2, 0) is 5.41 Å². The van der Waals surface area contributed by atoms with E-state index >= 15 is 0 Å². The lowest BCUT2D eigenvalue weighted by Gasteiger charge is -2.19. The van der Waals surface area contributed by atoms with Crippen molar-refractivity contribution in [1.82, 2.24) is 15.0 Å². The van der Waals surface area contributed by atoms with Crippen LogP contribution >= 0.6 is 0 Å². The number of hydrogen-bond acceptors (Lipinski definition) is 4. The fraction of sp³-hybridized carbons (Fsp3) is 0.105. The summed E-state index contributed by atoms with van der Waals surface area (Å²) in [6, 6.07) is 21.7. The van der Waals surface area contributed by atoms with Gasteiger partial charge in [-0.15, -0.1) is 0 Å². The molecular weight excluding hydrogens is 528 g/mol. The minimum atomic E-state index is -0.344. The largest absolute Gasteiger partial charge is 0.456 e. The molecule has 0 N–H and O–H groups in total. The monoisotopic (exact) mass is 562 g/mol. The van der Waals surface area contributed by atoms with E-state index in [2.05, 4.69) is 30.6 Å². The summed E-state index contributed by atoms with van der Waals surface area (Å²) in [5, 5.41) is 0.346. The molecule has 7 rings (SSSR count). The summed E-state index contributed by atoms with van der Waals surface area (Å²) in [6.07, 6.45) is 0. The lowest BCUT2D eigenvalue weighted by atomic mass is 9.87. The first-order chi connectivity index (χ1) is 23.4. The van der Waals surface area contributed by atoms with Gasteiger partial charge in [-0.25, -0.2) is 19.8 Å². The van der Waals surface area contributed by atoms with E-state index in [1.807, 2.05) is 30.3 Å². The van der Waals surface area contributed by atoms with Gasteiger partial charge in [0.25, 0.3) is 0 Å². The molecule has 0 saturated heterocycles. The molecule has 2 heterocycles. The molecule has 0 saturated carbocycles. The highest BCUT2D eigenvalue weighted by Gasteiger charge is 2.18. The summed E-state index contributed by atoms with van der Waals surface area (Å²) in [7, 11) is 0. The zero-order valence-corrected chi connectivity index (χ0v) is 23.7. The first kappa shape index (κ1) is 20.3. The average molecular weight is 563 g/mol. The molecule has 0 unspecified atom stereocenters. The Hall–Kier alpha value is -5.60. The van der Waals surface area contributed by atoms with E-state index in [1.54, 1.807) is 48.5 Å². The maximum atomic E-state index is 9.31. The third kappa shape index (κ3) is 4.94. The molecule has 2 aromatic heterocycles. The van der Waals surface area contributed by atoms with Crippen molar-refractivity contribution >= 4 is 27.6 Å². The number of benzene rings is 5. The lowest BCUT2D eigenvalue weighted by Crippen LogP contribution is -2.10. The maximum Gasteiger partial charge on any atom is 0.187 e. The van der Waals surface area contributed by atoms with Crippen LogP contribution in [0.2, 0.25) is 0 Å². The van der Waals surface area contributed by atoms with Crippen LogP contribution in [0.1, 0.15) is 34.6 Å². The Morgan fingerprint density at radius 1 is 0.674 bits per heavy atom. The SMILES string of the molecule is [2H]c1c([2H])c(-c2ccccc2)c2c(oc3c([2H])c(-c4nc(-c5ccc([N+]#[C-])cc5)nc(-c5ccc(C(C)(C)C)cc5)n4)c([2H])c([2H])c32)c1[2H]. The predicted molar refractivity (Wildman–Crippen MR) is 174 cm³/mol. The summed E-state index contributed by atoms with van der Waals surface area (Å²) in [5.74, 6) is 0.531. The van der Waals surface area contributed by atoms with E-state index in [4.69, 9.17) is 25.1 Å². The Labute approximate surface area is 258 Å². The zero-order chi connectivity index (χ0) is 34.8. The second-order valence-electron chi connectivity index (χ2n) is 11.2. The van der Waals surface area contributed by atoms with E-state index in [0.717, 1.165) is 5.56 Å². The van der Waals surface area contributed by atoms with Crippen molar-refractivity contribution in [2.24, 2.45) is 0 Å². The van der Waals surface area contributed by atoms with Gasteiger partial charge in [0.2, 0.25) is 0 Å². The van der Waals surface area contributed by atoms with Crippen molar-refractivity contribution in [3.05, 3.63) is 132 Å². The normalized spacial score (nSPS) is 13.5. The van der Waals surface area contributed by atoms with Crippen LogP contribution < -0.4 is 0 Å². The number of furan rings is 1. The van der Waals surface area contributed by atoms with Crippen LogP contribution in [0.25, 0.3) is 72.1 Å². The molecule has 7 aromatic rings. The molecule has 0 fully saturated rings. The zero-order valence-electron chi connectivity index (χ0n) is 29.7. The molecule has 0 spiro atoms. The van der Waals surface area contributed by atoms with Crippen LogP contribution in [0.3, 0.4) is 0 Å². The lowest BCUT2D eigenvalue weighted by molar-refractivity contribution is 0.590. The second kappa shape index (κ2) is 10.3. The van der Waals surface area contributed by atoms with Gasteiger partial charge in [0, 0.05) is 27.5 Å². The van der Waals surface area contributed by atoms with Gasteiger partial charge < -0.3 is 4.42 Å². The Bertz CT molecular complexity index is 2480. The molecule has 0 bridgehead atoms. The summed E-state index contributed by atoms with van der Waals surface area (Å²) in [5.41, 5.74) is 3.48. The molecule has 0 radical (unpaired) electrons. The summed E-state index contributed by atoms with van der Waals surface area (Å²) >= 11 is 0. The first-order valence-electron chi connectivity index (χ1n) is 16.8. The van der Waals surface area contributed by atoms with Gasteiger partial charge in [0.15, 0.2) is 23.2 Å². The second-order valence-corrected chi connectivity index (χ2v) is 11.2. The third-order valence-corrected chi connectivity index (χ3v) is 7.26. The van der Waals surface area contributed by atoms with E-state index in [0.29, 0.717) is 33.8 Å². The van der Waals surface area contributed by atoms with Crippen molar-refractivity contribution < 1.29 is 12.6 Å². The molecule has 43 heavy (non-hydrogen) atoms. The smallest absolute Gasteiger partial charge is 0.187 e. The number of hydrogen-bond donors (Lipinski definition) is 0. The minimum absolute atomic E-state index is 0.0169. The van der Waals surface area contributed by atoms with Crippen molar-refractivity contribution in [2.45, 2.75) is 26.2 Å². The quantitative estimate of drug-likeness (QED) is 0.200. The Morgan fingerprint density at radius 2 is 1.30 bits per heavy atom. The van der Waals surface area contributed by atoms with Gasteiger partial charge in [-0.2, -0.15) is 0 Å². The average Bonchev–Trinajstić information content (AvgIpc) is 3.51.